The van der Waals surface area contributed by atoms with Crippen LogP contribution in [0.4, 0.5) is 5.69 Å². The van der Waals surface area contributed by atoms with E-state index in [1.54, 1.807) is 36.4 Å². The minimum absolute atomic E-state index is 0.0357. The van der Waals surface area contributed by atoms with Crippen LogP contribution in [0.3, 0.4) is 0 Å². The Hall–Kier alpha value is -2.58. The molecule has 144 valence electrons. The van der Waals surface area contributed by atoms with Crippen molar-refractivity contribution in [3.8, 4) is 5.75 Å². The summed E-state index contributed by atoms with van der Waals surface area (Å²) >= 11 is 0. The number of hydrogen-bond acceptors (Lipinski definition) is 5. The molecule has 0 spiro atoms. The van der Waals surface area contributed by atoms with Crippen LogP contribution in [0.25, 0.3) is 0 Å². The summed E-state index contributed by atoms with van der Waals surface area (Å²) in [4.78, 5) is 12.4. The molecule has 3 rings (SSSR count). The van der Waals surface area contributed by atoms with Gasteiger partial charge >= 0.3 is 0 Å². The Bertz CT molecular complexity index is 891. The SMILES string of the molecule is CCOc1ccc(NS(=O)(=O)c2cccc(C(=O)NC3CCNC3)c2)cc1. The fraction of sp³-hybridized carbons (Fsp3) is 0.316. The lowest BCUT2D eigenvalue weighted by atomic mass is 10.2. The fourth-order valence-electron chi connectivity index (χ4n) is 2.85. The van der Waals surface area contributed by atoms with Gasteiger partial charge in [-0.25, -0.2) is 8.42 Å². The van der Waals surface area contributed by atoms with Gasteiger partial charge in [0, 0.05) is 23.8 Å². The Kier molecular flexibility index (Phi) is 5.98. The second-order valence-electron chi connectivity index (χ2n) is 6.25. The molecule has 27 heavy (non-hydrogen) atoms. The summed E-state index contributed by atoms with van der Waals surface area (Å²) in [6.45, 7) is 4.01. The number of nitrogens with one attached hydrogen (secondary N) is 3. The minimum atomic E-state index is -3.80. The highest BCUT2D eigenvalue weighted by atomic mass is 32.2. The Morgan fingerprint density at radius 3 is 2.67 bits per heavy atom. The zero-order valence-electron chi connectivity index (χ0n) is 15.1. The number of amides is 1. The number of ether oxygens (including phenoxy) is 1. The normalized spacial score (nSPS) is 16.7. The lowest BCUT2D eigenvalue weighted by Gasteiger charge is -2.13. The molecular weight excluding hydrogens is 366 g/mol. The van der Waals surface area contributed by atoms with Gasteiger partial charge in [-0.2, -0.15) is 0 Å². The van der Waals surface area contributed by atoms with Crippen molar-refractivity contribution in [2.75, 3.05) is 24.4 Å². The second kappa shape index (κ2) is 8.41. The summed E-state index contributed by atoms with van der Waals surface area (Å²) in [6.07, 6.45) is 0.864. The number of sulfonamides is 1. The highest BCUT2D eigenvalue weighted by Gasteiger charge is 2.20. The maximum absolute atomic E-state index is 12.6. The molecule has 1 unspecified atom stereocenters. The molecule has 1 heterocycles. The van der Waals surface area contributed by atoms with Gasteiger partial charge in [0.2, 0.25) is 0 Å². The van der Waals surface area contributed by atoms with Crippen LogP contribution >= 0.6 is 0 Å². The van der Waals surface area contributed by atoms with Gasteiger partial charge in [0.05, 0.1) is 11.5 Å². The largest absolute Gasteiger partial charge is 0.494 e. The molecule has 7 nitrogen and oxygen atoms in total. The number of anilines is 1. The van der Waals surface area contributed by atoms with Crippen LogP contribution in [0.2, 0.25) is 0 Å². The van der Waals surface area contributed by atoms with Crippen molar-refractivity contribution in [1.29, 1.82) is 0 Å². The molecule has 0 radical (unpaired) electrons. The predicted octanol–water partition coefficient (Wildman–Crippen LogP) is 1.98. The smallest absolute Gasteiger partial charge is 0.261 e. The van der Waals surface area contributed by atoms with Gasteiger partial charge in [-0.15, -0.1) is 0 Å². The maximum atomic E-state index is 12.6. The first-order valence-corrected chi connectivity index (χ1v) is 10.3. The number of benzene rings is 2. The van der Waals surface area contributed by atoms with Gasteiger partial charge in [-0.1, -0.05) is 6.07 Å². The minimum Gasteiger partial charge on any atom is -0.494 e. The topological polar surface area (TPSA) is 96.5 Å². The maximum Gasteiger partial charge on any atom is 0.261 e. The molecule has 1 amide bonds. The summed E-state index contributed by atoms with van der Waals surface area (Å²) < 4.78 is 33.2. The summed E-state index contributed by atoms with van der Waals surface area (Å²) in [5, 5.41) is 6.09. The average molecular weight is 389 g/mol. The molecule has 1 saturated heterocycles. The zero-order chi connectivity index (χ0) is 19.3. The van der Waals surface area contributed by atoms with Gasteiger partial charge in [0.15, 0.2) is 0 Å². The average Bonchev–Trinajstić information content (AvgIpc) is 3.16. The first-order valence-electron chi connectivity index (χ1n) is 8.85. The predicted molar refractivity (Wildman–Crippen MR) is 104 cm³/mol. The molecule has 0 saturated carbocycles. The van der Waals surface area contributed by atoms with Crippen molar-refractivity contribution >= 4 is 21.6 Å². The van der Waals surface area contributed by atoms with Crippen molar-refractivity contribution in [3.05, 3.63) is 54.1 Å². The molecule has 3 N–H and O–H groups in total. The number of carbonyl (C=O) groups is 1. The number of carbonyl (C=O) groups excluding carboxylic acids is 1. The van der Waals surface area contributed by atoms with Gasteiger partial charge in [-0.3, -0.25) is 9.52 Å². The molecule has 2 aromatic rings. The zero-order valence-corrected chi connectivity index (χ0v) is 15.9. The van der Waals surface area contributed by atoms with Crippen molar-refractivity contribution in [2.24, 2.45) is 0 Å². The van der Waals surface area contributed by atoms with E-state index in [9.17, 15) is 13.2 Å². The molecule has 2 aromatic carbocycles. The fourth-order valence-corrected chi connectivity index (χ4v) is 3.96. The first kappa shape index (κ1) is 19.2. The van der Waals surface area contributed by atoms with E-state index in [1.807, 2.05) is 6.92 Å². The Balaban J connectivity index is 1.73. The Morgan fingerprint density at radius 1 is 1.22 bits per heavy atom. The standard InChI is InChI=1S/C19H23N3O4S/c1-2-26-17-8-6-15(7-9-17)22-27(24,25)18-5-3-4-14(12-18)19(23)21-16-10-11-20-13-16/h3-9,12,16,20,22H,2,10-11,13H2,1H3,(H,21,23). The van der Waals surface area contributed by atoms with Crippen LogP contribution in [0.5, 0.6) is 5.75 Å². The third-order valence-corrected chi connectivity index (χ3v) is 5.60. The van der Waals surface area contributed by atoms with Gasteiger partial charge in [0.1, 0.15) is 5.75 Å². The van der Waals surface area contributed by atoms with Gasteiger partial charge < -0.3 is 15.4 Å². The van der Waals surface area contributed by atoms with E-state index < -0.39 is 10.0 Å². The lowest BCUT2D eigenvalue weighted by molar-refractivity contribution is 0.0940. The molecule has 1 aliphatic heterocycles. The van der Waals surface area contributed by atoms with Crippen LogP contribution in [0.1, 0.15) is 23.7 Å². The number of rotatable bonds is 7. The van der Waals surface area contributed by atoms with Crippen molar-refractivity contribution in [2.45, 2.75) is 24.3 Å². The van der Waals surface area contributed by atoms with Crippen LogP contribution in [-0.2, 0) is 10.0 Å². The summed E-state index contributed by atoms with van der Waals surface area (Å²) in [7, 11) is -3.80. The molecule has 0 aliphatic carbocycles. The Morgan fingerprint density at radius 2 is 2.00 bits per heavy atom. The molecule has 8 heteroatoms. The summed E-state index contributed by atoms with van der Waals surface area (Å²) in [5.74, 6) is 0.391. The molecule has 1 aliphatic rings. The van der Waals surface area contributed by atoms with E-state index in [0.29, 0.717) is 23.6 Å². The number of hydrogen-bond donors (Lipinski definition) is 3. The molecule has 1 fully saturated rings. The van der Waals surface area contributed by atoms with Crippen LogP contribution in [-0.4, -0.2) is 40.1 Å². The van der Waals surface area contributed by atoms with Crippen molar-refractivity contribution in [1.82, 2.24) is 10.6 Å². The monoisotopic (exact) mass is 389 g/mol. The summed E-state index contributed by atoms with van der Waals surface area (Å²) in [6, 6.07) is 12.7. The molecule has 0 bridgehead atoms. The van der Waals surface area contributed by atoms with Gasteiger partial charge in [-0.05, 0) is 62.4 Å². The van der Waals surface area contributed by atoms with E-state index in [0.717, 1.165) is 19.5 Å². The van der Waals surface area contributed by atoms with Crippen LogP contribution < -0.4 is 20.1 Å². The first-order chi connectivity index (χ1) is 13.0. The van der Waals surface area contributed by atoms with Crippen molar-refractivity contribution < 1.29 is 17.9 Å². The highest BCUT2D eigenvalue weighted by molar-refractivity contribution is 7.92. The second-order valence-corrected chi connectivity index (χ2v) is 7.94. The van der Waals surface area contributed by atoms with E-state index in [-0.39, 0.29) is 16.8 Å². The van der Waals surface area contributed by atoms with E-state index in [1.165, 1.54) is 12.1 Å². The summed E-state index contributed by atoms with van der Waals surface area (Å²) in [5.41, 5.74) is 0.738. The Labute approximate surface area is 159 Å². The van der Waals surface area contributed by atoms with Crippen LogP contribution in [0, 0.1) is 0 Å². The quantitative estimate of drug-likeness (QED) is 0.673. The lowest BCUT2D eigenvalue weighted by Crippen LogP contribution is -2.36. The van der Waals surface area contributed by atoms with E-state index >= 15 is 0 Å². The molecular formula is C19H23N3O4S. The van der Waals surface area contributed by atoms with E-state index in [4.69, 9.17) is 4.74 Å². The molecule has 1 atom stereocenters. The molecule has 0 aromatic heterocycles. The van der Waals surface area contributed by atoms with Gasteiger partial charge in [0.25, 0.3) is 15.9 Å². The highest BCUT2D eigenvalue weighted by Crippen LogP contribution is 2.20. The van der Waals surface area contributed by atoms with Crippen LogP contribution in [0.15, 0.2) is 53.4 Å². The van der Waals surface area contributed by atoms with E-state index in [2.05, 4.69) is 15.4 Å². The third-order valence-electron chi connectivity index (χ3n) is 4.22. The van der Waals surface area contributed by atoms with Crippen molar-refractivity contribution in [3.63, 3.8) is 0 Å². The third kappa shape index (κ3) is 4.99.